The van der Waals surface area contributed by atoms with Crippen molar-refractivity contribution in [2.24, 2.45) is 0 Å². The third kappa shape index (κ3) is 3.09. The summed E-state index contributed by atoms with van der Waals surface area (Å²) in [7, 11) is 1.78. The minimum absolute atomic E-state index is 0.321. The van der Waals surface area contributed by atoms with Gasteiger partial charge in [0.15, 0.2) is 0 Å². The van der Waals surface area contributed by atoms with E-state index in [1.54, 1.807) is 7.11 Å². The Hall–Kier alpha value is -0.120. The van der Waals surface area contributed by atoms with Crippen molar-refractivity contribution in [1.82, 2.24) is 4.90 Å². The van der Waals surface area contributed by atoms with Crippen molar-refractivity contribution in [1.29, 1.82) is 0 Å². The smallest absolute Gasteiger partial charge is 0.0710 e. The zero-order valence-corrected chi connectivity index (χ0v) is 7.83. The van der Waals surface area contributed by atoms with Gasteiger partial charge in [0.05, 0.1) is 6.10 Å². The van der Waals surface area contributed by atoms with Gasteiger partial charge >= 0.3 is 0 Å². The minimum atomic E-state index is 0.321. The van der Waals surface area contributed by atoms with E-state index in [1.165, 1.54) is 0 Å². The van der Waals surface area contributed by atoms with Gasteiger partial charge < -0.3 is 14.7 Å². The van der Waals surface area contributed by atoms with Gasteiger partial charge in [-0.05, 0) is 25.8 Å². The van der Waals surface area contributed by atoms with Crippen molar-refractivity contribution in [3.8, 4) is 0 Å². The van der Waals surface area contributed by atoms with Crippen LogP contribution in [-0.4, -0.2) is 49.5 Å². The molecular weight excluding hydrogens is 154 g/mol. The van der Waals surface area contributed by atoms with Crippen molar-refractivity contribution >= 4 is 0 Å². The minimum Gasteiger partial charge on any atom is -0.396 e. The van der Waals surface area contributed by atoms with Crippen LogP contribution in [0, 0.1) is 0 Å². The van der Waals surface area contributed by atoms with Gasteiger partial charge in [-0.25, -0.2) is 0 Å². The molecule has 3 nitrogen and oxygen atoms in total. The van der Waals surface area contributed by atoms with Gasteiger partial charge in [0.2, 0.25) is 0 Å². The van der Waals surface area contributed by atoms with E-state index in [0.717, 1.165) is 38.9 Å². The number of aliphatic hydroxyl groups excluding tert-OH is 1. The second kappa shape index (κ2) is 5.51. The maximum atomic E-state index is 8.60. The number of hydrogen-bond donors (Lipinski definition) is 1. The predicted molar refractivity (Wildman–Crippen MR) is 48.2 cm³/mol. The summed E-state index contributed by atoms with van der Waals surface area (Å²) in [4.78, 5) is 2.41. The fourth-order valence-electron chi connectivity index (χ4n) is 1.64. The van der Waals surface area contributed by atoms with Crippen molar-refractivity contribution in [2.75, 3.05) is 33.4 Å². The Morgan fingerprint density at radius 3 is 2.92 bits per heavy atom. The third-order valence-electron chi connectivity index (χ3n) is 2.44. The van der Waals surface area contributed by atoms with Crippen molar-refractivity contribution in [2.45, 2.75) is 25.4 Å². The number of unbranched alkanes of at least 4 members (excludes halogenated alkanes) is 1. The third-order valence-corrected chi connectivity index (χ3v) is 2.44. The highest BCUT2D eigenvalue weighted by Gasteiger charge is 2.20. The molecule has 0 aliphatic carbocycles. The van der Waals surface area contributed by atoms with E-state index in [4.69, 9.17) is 9.84 Å². The first-order valence-corrected chi connectivity index (χ1v) is 4.73. The van der Waals surface area contributed by atoms with Crippen molar-refractivity contribution in [3.63, 3.8) is 0 Å². The molecule has 1 aliphatic heterocycles. The summed E-state index contributed by atoms with van der Waals surface area (Å²) >= 11 is 0. The molecule has 1 heterocycles. The van der Waals surface area contributed by atoms with Crippen LogP contribution in [0.2, 0.25) is 0 Å². The summed E-state index contributed by atoms with van der Waals surface area (Å²) in [5, 5.41) is 8.60. The Morgan fingerprint density at radius 1 is 1.50 bits per heavy atom. The fourth-order valence-corrected chi connectivity index (χ4v) is 1.64. The maximum absolute atomic E-state index is 8.60. The van der Waals surface area contributed by atoms with Crippen LogP contribution in [0.25, 0.3) is 0 Å². The van der Waals surface area contributed by atoms with Crippen LogP contribution in [0.5, 0.6) is 0 Å². The van der Waals surface area contributed by atoms with Crippen LogP contribution in [0.15, 0.2) is 0 Å². The van der Waals surface area contributed by atoms with Crippen molar-refractivity contribution in [3.05, 3.63) is 0 Å². The standard InChI is InChI=1S/C9H19NO2/c1-12-9-4-6-10(8-9)5-2-3-7-11/h9,11H,2-8H2,1H3. The summed E-state index contributed by atoms with van der Waals surface area (Å²) in [6, 6.07) is 0. The Bertz CT molecular complexity index is 119. The largest absolute Gasteiger partial charge is 0.396 e. The van der Waals surface area contributed by atoms with Gasteiger partial charge in [-0.3, -0.25) is 0 Å². The maximum Gasteiger partial charge on any atom is 0.0710 e. The van der Waals surface area contributed by atoms with Crippen LogP contribution in [0.1, 0.15) is 19.3 Å². The number of hydrogen-bond acceptors (Lipinski definition) is 3. The molecule has 72 valence electrons. The SMILES string of the molecule is COC1CCN(CCCCO)C1. The summed E-state index contributed by atoms with van der Waals surface area (Å²) < 4.78 is 5.26. The molecule has 1 saturated heterocycles. The number of nitrogens with zero attached hydrogens (tertiary/aromatic N) is 1. The lowest BCUT2D eigenvalue weighted by molar-refractivity contribution is 0.107. The van der Waals surface area contributed by atoms with E-state index < -0.39 is 0 Å². The number of aliphatic hydroxyl groups is 1. The molecule has 0 saturated carbocycles. The van der Waals surface area contributed by atoms with Gasteiger partial charge in [-0.1, -0.05) is 0 Å². The Balaban J connectivity index is 2.03. The first-order valence-electron chi connectivity index (χ1n) is 4.73. The summed E-state index contributed by atoms with van der Waals surface area (Å²) in [6.45, 7) is 3.66. The molecule has 3 heteroatoms. The van der Waals surface area contributed by atoms with E-state index in [2.05, 4.69) is 4.90 Å². The molecule has 1 rings (SSSR count). The molecule has 1 aliphatic rings. The van der Waals surface area contributed by atoms with Crippen LogP contribution in [0.3, 0.4) is 0 Å². The Kier molecular flexibility index (Phi) is 4.58. The van der Waals surface area contributed by atoms with E-state index in [-0.39, 0.29) is 0 Å². The molecular formula is C9H19NO2. The average molecular weight is 173 g/mol. The van der Waals surface area contributed by atoms with Gasteiger partial charge in [-0.2, -0.15) is 0 Å². The molecule has 1 fully saturated rings. The zero-order chi connectivity index (χ0) is 8.81. The first kappa shape index (κ1) is 9.96. The van der Waals surface area contributed by atoms with Gasteiger partial charge in [0.25, 0.3) is 0 Å². The summed E-state index contributed by atoms with van der Waals surface area (Å²) in [5.74, 6) is 0. The number of rotatable bonds is 5. The summed E-state index contributed by atoms with van der Waals surface area (Å²) in [5.41, 5.74) is 0. The highest BCUT2D eigenvalue weighted by atomic mass is 16.5. The molecule has 1 unspecified atom stereocenters. The monoisotopic (exact) mass is 173 g/mol. The zero-order valence-electron chi connectivity index (χ0n) is 7.83. The lowest BCUT2D eigenvalue weighted by Gasteiger charge is -2.14. The average Bonchev–Trinajstić information content (AvgIpc) is 2.53. The molecule has 12 heavy (non-hydrogen) atoms. The molecule has 0 aromatic carbocycles. The van der Waals surface area contributed by atoms with Crippen LogP contribution >= 0.6 is 0 Å². The lowest BCUT2D eigenvalue weighted by atomic mass is 10.3. The van der Waals surface area contributed by atoms with Crippen molar-refractivity contribution < 1.29 is 9.84 Å². The quantitative estimate of drug-likeness (QED) is 0.614. The number of likely N-dealkylation sites (tertiary alicyclic amines) is 1. The second-order valence-electron chi connectivity index (χ2n) is 3.38. The van der Waals surface area contributed by atoms with E-state index in [1.807, 2.05) is 0 Å². The van der Waals surface area contributed by atoms with Gasteiger partial charge in [-0.15, -0.1) is 0 Å². The molecule has 0 spiro atoms. The highest BCUT2D eigenvalue weighted by Crippen LogP contribution is 2.11. The summed E-state index contributed by atoms with van der Waals surface area (Å²) in [6.07, 6.45) is 3.63. The van der Waals surface area contributed by atoms with E-state index >= 15 is 0 Å². The fraction of sp³-hybridized carbons (Fsp3) is 1.00. The molecule has 0 amide bonds. The lowest BCUT2D eigenvalue weighted by Crippen LogP contribution is -2.24. The van der Waals surface area contributed by atoms with E-state index in [0.29, 0.717) is 12.7 Å². The highest BCUT2D eigenvalue weighted by molar-refractivity contribution is 4.75. The molecule has 0 bridgehead atoms. The molecule has 1 atom stereocenters. The number of methoxy groups -OCH3 is 1. The Morgan fingerprint density at radius 2 is 2.33 bits per heavy atom. The van der Waals surface area contributed by atoms with Crippen LogP contribution < -0.4 is 0 Å². The molecule has 0 radical (unpaired) electrons. The topological polar surface area (TPSA) is 32.7 Å². The van der Waals surface area contributed by atoms with Crippen LogP contribution in [0.4, 0.5) is 0 Å². The number of ether oxygens (including phenoxy) is 1. The van der Waals surface area contributed by atoms with E-state index in [9.17, 15) is 0 Å². The van der Waals surface area contributed by atoms with Gasteiger partial charge in [0.1, 0.15) is 0 Å². The molecule has 0 aromatic heterocycles. The normalized spacial score (nSPS) is 25.0. The second-order valence-corrected chi connectivity index (χ2v) is 3.38. The first-order chi connectivity index (χ1) is 5.86. The van der Waals surface area contributed by atoms with Gasteiger partial charge in [0, 0.05) is 26.8 Å². The Labute approximate surface area is 74.3 Å². The van der Waals surface area contributed by atoms with Crippen LogP contribution in [-0.2, 0) is 4.74 Å². The molecule has 1 N–H and O–H groups in total. The predicted octanol–water partition coefficient (Wildman–Crippen LogP) is 0.480. The molecule has 0 aromatic rings.